The summed E-state index contributed by atoms with van der Waals surface area (Å²) in [5.41, 5.74) is 15.8. The second-order valence-electron chi connectivity index (χ2n) is 15.7. The maximum Gasteiger partial charge on any atom is 0.213 e. The van der Waals surface area contributed by atoms with Crippen LogP contribution in [0.4, 0.5) is 0 Å². The Balaban J connectivity index is 0.863. The van der Waals surface area contributed by atoms with E-state index in [0.717, 1.165) is 44.6 Å². The number of furan rings is 1. The molecule has 0 aliphatic rings. The van der Waals surface area contributed by atoms with Crippen molar-refractivity contribution in [2.24, 2.45) is 0 Å². The summed E-state index contributed by atoms with van der Waals surface area (Å²) in [5.74, 6) is 0. The average Bonchev–Trinajstić information content (AvgIpc) is 4.05. The van der Waals surface area contributed by atoms with Crippen molar-refractivity contribution in [3.8, 4) is 39.3 Å². The summed E-state index contributed by atoms with van der Waals surface area (Å²) >= 11 is 0. The van der Waals surface area contributed by atoms with Crippen molar-refractivity contribution in [2.45, 2.75) is 0 Å². The van der Waals surface area contributed by atoms with Crippen LogP contribution in [-0.2, 0) is 0 Å². The first kappa shape index (κ1) is 32.9. The van der Waals surface area contributed by atoms with E-state index in [0.29, 0.717) is 0 Å². The van der Waals surface area contributed by atoms with E-state index in [1.165, 1.54) is 71.3 Å². The lowest BCUT2D eigenvalue weighted by atomic mass is 9.99. The molecule has 0 aliphatic heterocycles. The molecule has 9 aromatic carbocycles. The van der Waals surface area contributed by atoms with Gasteiger partial charge >= 0.3 is 0 Å². The fraction of sp³-hybridized carbons (Fsp3) is 0. The van der Waals surface area contributed by atoms with Crippen LogP contribution in [0.1, 0.15) is 0 Å². The molecule has 60 heavy (non-hydrogen) atoms. The fourth-order valence-corrected chi connectivity index (χ4v) is 9.74. The molecule has 0 unspecified atom stereocenters. The first-order valence-corrected chi connectivity index (χ1v) is 20.5. The highest BCUT2D eigenvalue weighted by atomic mass is 16.3. The zero-order chi connectivity index (χ0) is 39.3. The van der Waals surface area contributed by atoms with Crippen molar-refractivity contribution < 1.29 is 4.42 Å². The van der Waals surface area contributed by atoms with E-state index in [4.69, 9.17) is 4.42 Å². The van der Waals surface area contributed by atoms with E-state index >= 15 is 0 Å². The number of aromatic nitrogens is 3. The van der Waals surface area contributed by atoms with Gasteiger partial charge in [0, 0.05) is 49.4 Å². The zero-order valence-electron chi connectivity index (χ0n) is 32.5. The molecule has 0 saturated heterocycles. The molecule has 0 N–H and O–H groups in total. The SMILES string of the molecule is c1ccc(-n2c3cc(-c4ccc(-c5ccc(-n6c7ccccc7c7cc(-n8c9ccccc9c9ccccc98)ccc76)cc5)cc4)ccc3c3c4ccccc4oc32)cc1. The topological polar surface area (TPSA) is 27.9 Å². The van der Waals surface area contributed by atoms with Crippen molar-refractivity contribution >= 4 is 76.6 Å². The number of benzene rings is 9. The third-order valence-corrected chi connectivity index (χ3v) is 12.5. The van der Waals surface area contributed by atoms with Gasteiger partial charge in [-0.25, -0.2) is 0 Å². The molecule has 13 aromatic rings. The molecule has 0 radical (unpaired) electrons. The molecule has 0 aliphatic carbocycles. The normalized spacial score (nSPS) is 12.0. The number of nitrogens with zero attached hydrogens (tertiary/aromatic N) is 3. The summed E-state index contributed by atoms with van der Waals surface area (Å²) in [6.45, 7) is 0. The van der Waals surface area contributed by atoms with Crippen LogP contribution in [0.5, 0.6) is 0 Å². The number of para-hydroxylation sites is 5. The van der Waals surface area contributed by atoms with Crippen LogP contribution in [0.3, 0.4) is 0 Å². The van der Waals surface area contributed by atoms with Gasteiger partial charge in [-0.2, -0.15) is 0 Å². The van der Waals surface area contributed by atoms with Crippen LogP contribution in [0.2, 0.25) is 0 Å². The Bertz CT molecular complexity index is 3750. The van der Waals surface area contributed by atoms with E-state index < -0.39 is 0 Å². The second-order valence-corrected chi connectivity index (χ2v) is 15.7. The van der Waals surface area contributed by atoms with Gasteiger partial charge in [0.25, 0.3) is 0 Å². The van der Waals surface area contributed by atoms with E-state index in [-0.39, 0.29) is 0 Å². The lowest BCUT2D eigenvalue weighted by Gasteiger charge is -2.11. The predicted octanol–water partition coefficient (Wildman–Crippen LogP) is 15.1. The van der Waals surface area contributed by atoms with Gasteiger partial charge in [-0.05, 0) is 95.1 Å². The van der Waals surface area contributed by atoms with Crippen molar-refractivity contribution in [3.63, 3.8) is 0 Å². The molecule has 0 spiro atoms. The van der Waals surface area contributed by atoms with E-state index in [2.05, 4.69) is 214 Å². The Morgan fingerprint density at radius 3 is 1.40 bits per heavy atom. The Hall–Kier alpha value is -8.08. The Kier molecular flexibility index (Phi) is 6.98. The van der Waals surface area contributed by atoms with Gasteiger partial charge in [0.05, 0.1) is 33.0 Å². The third-order valence-electron chi connectivity index (χ3n) is 12.5. The number of rotatable bonds is 5. The van der Waals surface area contributed by atoms with E-state index in [1.54, 1.807) is 0 Å². The summed E-state index contributed by atoms with van der Waals surface area (Å²) in [5, 5.41) is 8.49. The van der Waals surface area contributed by atoms with Crippen LogP contribution in [0.15, 0.2) is 217 Å². The van der Waals surface area contributed by atoms with Gasteiger partial charge < -0.3 is 13.6 Å². The molecule has 0 saturated carbocycles. The Labute approximate surface area is 345 Å². The predicted molar refractivity (Wildman–Crippen MR) is 250 cm³/mol. The first-order valence-electron chi connectivity index (χ1n) is 20.5. The highest BCUT2D eigenvalue weighted by Gasteiger charge is 2.20. The Morgan fingerprint density at radius 2 is 0.733 bits per heavy atom. The van der Waals surface area contributed by atoms with Gasteiger partial charge in [0.2, 0.25) is 5.71 Å². The minimum Gasteiger partial charge on any atom is -0.439 e. The summed E-state index contributed by atoms with van der Waals surface area (Å²) in [4.78, 5) is 0. The number of fused-ring (bicyclic) bond motifs is 11. The largest absolute Gasteiger partial charge is 0.439 e. The quantitative estimate of drug-likeness (QED) is 0.171. The van der Waals surface area contributed by atoms with Crippen LogP contribution >= 0.6 is 0 Å². The van der Waals surface area contributed by atoms with Crippen molar-refractivity contribution in [3.05, 3.63) is 212 Å². The van der Waals surface area contributed by atoms with Crippen LogP contribution in [0.25, 0.3) is 116 Å². The van der Waals surface area contributed by atoms with E-state index in [9.17, 15) is 0 Å². The molecular formula is C56H35N3O. The van der Waals surface area contributed by atoms with Crippen molar-refractivity contribution in [1.29, 1.82) is 0 Å². The number of hydrogen-bond donors (Lipinski definition) is 0. The van der Waals surface area contributed by atoms with E-state index in [1.807, 2.05) is 12.1 Å². The highest BCUT2D eigenvalue weighted by molar-refractivity contribution is 6.20. The second kappa shape index (κ2) is 12.7. The van der Waals surface area contributed by atoms with Crippen LogP contribution in [0, 0.1) is 0 Å². The summed E-state index contributed by atoms with van der Waals surface area (Å²) in [6, 6.07) is 76.6. The molecule has 4 heteroatoms. The maximum atomic E-state index is 6.51. The van der Waals surface area contributed by atoms with Crippen LogP contribution < -0.4 is 0 Å². The molecular weight excluding hydrogens is 731 g/mol. The maximum absolute atomic E-state index is 6.51. The number of hydrogen-bond acceptors (Lipinski definition) is 1. The smallest absolute Gasteiger partial charge is 0.213 e. The summed E-state index contributed by atoms with van der Waals surface area (Å²) in [7, 11) is 0. The van der Waals surface area contributed by atoms with Gasteiger partial charge in [-0.1, -0.05) is 140 Å². The molecule has 4 heterocycles. The van der Waals surface area contributed by atoms with Crippen LogP contribution in [-0.4, -0.2) is 13.7 Å². The third kappa shape index (κ3) is 4.79. The summed E-state index contributed by atoms with van der Waals surface area (Å²) < 4.78 is 13.6. The standard InChI is InChI=1S/C56H35N3O/c1-2-12-40(13-3-1)59-53-34-39(28-32-46(53)55-47-17-7-11-21-54(47)60-56(55)59)38-24-22-36(23-25-38)37-26-29-41(30-27-37)57-51-20-10-6-16-45(51)48-35-42(31-33-52(48)57)58-49-18-8-4-14-43(49)44-15-5-9-19-50(44)58/h1-35H. The van der Waals surface area contributed by atoms with Gasteiger partial charge in [-0.3, -0.25) is 4.57 Å². The van der Waals surface area contributed by atoms with Crippen molar-refractivity contribution in [2.75, 3.05) is 0 Å². The zero-order valence-corrected chi connectivity index (χ0v) is 32.5. The van der Waals surface area contributed by atoms with Crippen molar-refractivity contribution in [1.82, 2.24) is 13.7 Å². The summed E-state index contributed by atoms with van der Waals surface area (Å²) in [6.07, 6.45) is 0. The fourth-order valence-electron chi connectivity index (χ4n) is 9.74. The lowest BCUT2D eigenvalue weighted by molar-refractivity contribution is 0.645. The van der Waals surface area contributed by atoms with Gasteiger partial charge in [0.1, 0.15) is 5.58 Å². The van der Waals surface area contributed by atoms with Gasteiger partial charge in [0.15, 0.2) is 0 Å². The highest BCUT2D eigenvalue weighted by Crippen LogP contribution is 2.41. The minimum atomic E-state index is 0.874. The molecule has 280 valence electrons. The first-order chi connectivity index (χ1) is 29.8. The molecule has 13 rings (SSSR count). The van der Waals surface area contributed by atoms with Gasteiger partial charge in [-0.15, -0.1) is 0 Å². The minimum absolute atomic E-state index is 0.874. The monoisotopic (exact) mass is 765 g/mol. The molecule has 0 bridgehead atoms. The molecule has 0 fully saturated rings. The Morgan fingerprint density at radius 1 is 0.267 bits per heavy atom. The molecule has 4 aromatic heterocycles. The average molecular weight is 766 g/mol. The molecule has 0 atom stereocenters. The molecule has 4 nitrogen and oxygen atoms in total. The molecule has 0 amide bonds. The lowest BCUT2D eigenvalue weighted by Crippen LogP contribution is -1.95.